The molecule has 0 saturated heterocycles. The summed E-state index contributed by atoms with van der Waals surface area (Å²) in [7, 11) is 1.53. The second kappa shape index (κ2) is 9.80. The Morgan fingerprint density at radius 2 is 1.62 bits per heavy atom. The van der Waals surface area contributed by atoms with E-state index in [9.17, 15) is 9.59 Å². The van der Waals surface area contributed by atoms with Gasteiger partial charge in [-0.05, 0) is 42.2 Å². The van der Waals surface area contributed by atoms with Crippen LogP contribution in [0.2, 0.25) is 0 Å². The number of carbonyl (C=O) groups is 2. The lowest BCUT2D eigenvalue weighted by atomic mass is 10.1. The van der Waals surface area contributed by atoms with Crippen LogP contribution < -0.4 is 15.4 Å². The third-order valence-electron chi connectivity index (χ3n) is 4.37. The van der Waals surface area contributed by atoms with E-state index in [0.717, 1.165) is 10.5 Å². The summed E-state index contributed by atoms with van der Waals surface area (Å²) in [5, 5.41) is 5.72. The predicted molar refractivity (Wildman–Crippen MR) is 117 cm³/mol. The van der Waals surface area contributed by atoms with Crippen molar-refractivity contribution in [2.75, 3.05) is 18.7 Å². The number of hydrogen-bond acceptors (Lipinski definition) is 4. The Labute approximate surface area is 174 Å². The SMILES string of the molecule is COc1cc(SC)ccc1C(=O)Nc1ccccc1C(=O)NCc1ccccc1. The molecule has 0 atom stereocenters. The van der Waals surface area contributed by atoms with Crippen molar-refractivity contribution >= 4 is 29.3 Å². The van der Waals surface area contributed by atoms with E-state index in [1.807, 2.05) is 48.7 Å². The van der Waals surface area contributed by atoms with Crippen LogP contribution in [-0.4, -0.2) is 25.2 Å². The molecule has 0 heterocycles. The van der Waals surface area contributed by atoms with Gasteiger partial charge in [-0.25, -0.2) is 0 Å². The van der Waals surface area contributed by atoms with Gasteiger partial charge < -0.3 is 15.4 Å². The first-order valence-corrected chi connectivity index (χ1v) is 10.3. The highest BCUT2D eigenvalue weighted by atomic mass is 32.2. The maximum Gasteiger partial charge on any atom is 0.259 e. The standard InChI is InChI=1S/C23H22N2O3S/c1-28-21-14-17(29-2)12-13-19(21)23(27)25-20-11-7-6-10-18(20)22(26)24-15-16-8-4-3-5-9-16/h3-14H,15H2,1-2H3,(H,24,26)(H,25,27). The van der Waals surface area contributed by atoms with Crippen molar-refractivity contribution in [2.45, 2.75) is 11.4 Å². The summed E-state index contributed by atoms with van der Waals surface area (Å²) in [6.45, 7) is 0.409. The highest BCUT2D eigenvalue weighted by molar-refractivity contribution is 7.98. The summed E-state index contributed by atoms with van der Waals surface area (Å²) in [4.78, 5) is 26.5. The summed E-state index contributed by atoms with van der Waals surface area (Å²) >= 11 is 1.57. The van der Waals surface area contributed by atoms with Crippen LogP contribution in [0.3, 0.4) is 0 Å². The van der Waals surface area contributed by atoms with Crippen LogP contribution >= 0.6 is 11.8 Å². The molecule has 0 bridgehead atoms. The average molecular weight is 407 g/mol. The van der Waals surface area contributed by atoms with Gasteiger partial charge in [-0.15, -0.1) is 11.8 Å². The molecule has 3 aromatic rings. The molecule has 0 spiro atoms. The Morgan fingerprint density at radius 3 is 2.34 bits per heavy atom. The van der Waals surface area contributed by atoms with Crippen molar-refractivity contribution in [3.8, 4) is 5.75 Å². The molecule has 0 aliphatic heterocycles. The normalized spacial score (nSPS) is 10.3. The molecule has 6 heteroatoms. The maximum atomic E-state index is 12.8. The fraction of sp³-hybridized carbons (Fsp3) is 0.130. The molecule has 29 heavy (non-hydrogen) atoms. The van der Waals surface area contributed by atoms with Gasteiger partial charge >= 0.3 is 0 Å². The number of nitrogens with one attached hydrogen (secondary N) is 2. The second-order valence-electron chi connectivity index (χ2n) is 6.23. The highest BCUT2D eigenvalue weighted by Crippen LogP contribution is 2.26. The Kier molecular flexibility index (Phi) is 6.92. The molecule has 148 valence electrons. The van der Waals surface area contributed by atoms with Crippen LogP contribution in [0.1, 0.15) is 26.3 Å². The zero-order valence-electron chi connectivity index (χ0n) is 16.3. The molecule has 2 N–H and O–H groups in total. The maximum absolute atomic E-state index is 12.8. The molecule has 0 saturated carbocycles. The first-order valence-electron chi connectivity index (χ1n) is 9.07. The first-order chi connectivity index (χ1) is 14.1. The van der Waals surface area contributed by atoms with Crippen molar-refractivity contribution in [1.82, 2.24) is 5.32 Å². The molecule has 0 aliphatic carbocycles. The lowest BCUT2D eigenvalue weighted by molar-refractivity contribution is 0.0952. The number of para-hydroxylation sites is 1. The Morgan fingerprint density at radius 1 is 0.897 bits per heavy atom. The molecule has 0 aliphatic rings. The smallest absolute Gasteiger partial charge is 0.259 e. The lowest BCUT2D eigenvalue weighted by Crippen LogP contribution is -2.25. The van der Waals surface area contributed by atoms with Gasteiger partial charge in [0.25, 0.3) is 11.8 Å². The topological polar surface area (TPSA) is 67.4 Å². The minimum Gasteiger partial charge on any atom is -0.496 e. The van der Waals surface area contributed by atoms with Crippen LogP contribution in [0, 0.1) is 0 Å². The minimum absolute atomic E-state index is 0.255. The van der Waals surface area contributed by atoms with Crippen molar-refractivity contribution in [3.63, 3.8) is 0 Å². The van der Waals surface area contributed by atoms with Crippen molar-refractivity contribution in [3.05, 3.63) is 89.5 Å². The van der Waals surface area contributed by atoms with Gasteiger partial charge in [0, 0.05) is 11.4 Å². The van der Waals surface area contributed by atoms with Crippen molar-refractivity contribution in [1.29, 1.82) is 0 Å². The third-order valence-corrected chi connectivity index (χ3v) is 5.09. The van der Waals surface area contributed by atoms with Gasteiger partial charge in [-0.2, -0.15) is 0 Å². The monoisotopic (exact) mass is 406 g/mol. The van der Waals surface area contributed by atoms with E-state index >= 15 is 0 Å². The van der Waals surface area contributed by atoms with Gasteiger partial charge in [0.2, 0.25) is 0 Å². The van der Waals surface area contributed by atoms with E-state index in [4.69, 9.17) is 4.74 Å². The van der Waals surface area contributed by atoms with E-state index in [0.29, 0.717) is 29.1 Å². The average Bonchev–Trinajstić information content (AvgIpc) is 2.78. The molecule has 0 radical (unpaired) electrons. The summed E-state index contributed by atoms with van der Waals surface area (Å²) in [6.07, 6.45) is 1.96. The van der Waals surface area contributed by atoms with E-state index in [1.165, 1.54) is 7.11 Å². The van der Waals surface area contributed by atoms with Gasteiger partial charge in [0.05, 0.1) is 23.9 Å². The molecule has 2 amide bonds. The Hall–Kier alpha value is -3.25. The molecule has 0 aromatic heterocycles. The van der Waals surface area contributed by atoms with Crippen LogP contribution in [0.25, 0.3) is 0 Å². The van der Waals surface area contributed by atoms with E-state index in [-0.39, 0.29) is 11.8 Å². The van der Waals surface area contributed by atoms with Gasteiger partial charge in [-0.1, -0.05) is 42.5 Å². The summed E-state index contributed by atoms with van der Waals surface area (Å²) in [5.74, 6) is -0.104. The second-order valence-corrected chi connectivity index (χ2v) is 7.11. The van der Waals surface area contributed by atoms with Crippen LogP contribution in [0.4, 0.5) is 5.69 Å². The van der Waals surface area contributed by atoms with E-state index < -0.39 is 0 Å². The molecule has 5 nitrogen and oxygen atoms in total. The fourth-order valence-electron chi connectivity index (χ4n) is 2.84. The minimum atomic E-state index is -0.335. The number of carbonyl (C=O) groups excluding carboxylic acids is 2. The number of rotatable bonds is 7. The zero-order chi connectivity index (χ0) is 20.6. The van der Waals surface area contributed by atoms with Crippen molar-refractivity contribution in [2.24, 2.45) is 0 Å². The third kappa shape index (κ3) is 5.18. The van der Waals surface area contributed by atoms with E-state index in [1.54, 1.807) is 42.1 Å². The predicted octanol–water partition coefficient (Wildman–Crippen LogP) is 4.60. The molecule has 0 fully saturated rings. The van der Waals surface area contributed by atoms with E-state index in [2.05, 4.69) is 10.6 Å². The number of anilines is 1. The largest absolute Gasteiger partial charge is 0.496 e. The molecular formula is C23H22N2O3S. The first kappa shape index (κ1) is 20.5. The quantitative estimate of drug-likeness (QED) is 0.563. The summed E-state index contributed by atoms with van der Waals surface area (Å²) in [5.41, 5.74) is 2.25. The van der Waals surface area contributed by atoms with Gasteiger partial charge in [-0.3, -0.25) is 9.59 Å². The molecule has 3 rings (SSSR count). The number of thioether (sulfide) groups is 1. The van der Waals surface area contributed by atoms with Gasteiger partial charge in [0.1, 0.15) is 5.75 Å². The molecule has 3 aromatic carbocycles. The Balaban J connectivity index is 1.76. The van der Waals surface area contributed by atoms with Crippen molar-refractivity contribution < 1.29 is 14.3 Å². The Bertz CT molecular complexity index is 1010. The number of benzene rings is 3. The number of ether oxygens (including phenoxy) is 1. The fourth-order valence-corrected chi connectivity index (χ4v) is 3.27. The summed E-state index contributed by atoms with van der Waals surface area (Å²) < 4.78 is 5.36. The molecular weight excluding hydrogens is 384 g/mol. The lowest BCUT2D eigenvalue weighted by Gasteiger charge is -2.13. The summed E-state index contributed by atoms with van der Waals surface area (Å²) in [6, 6.07) is 22.0. The molecule has 0 unspecified atom stereocenters. The van der Waals surface area contributed by atoms with Crippen LogP contribution in [0.5, 0.6) is 5.75 Å². The van der Waals surface area contributed by atoms with Crippen LogP contribution in [-0.2, 0) is 6.54 Å². The number of methoxy groups -OCH3 is 1. The number of amides is 2. The van der Waals surface area contributed by atoms with Crippen LogP contribution in [0.15, 0.2) is 77.7 Å². The number of hydrogen-bond donors (Lipinski definition) is 2. The highest BCUT2D eigenvalue weighted by Gasteiger charge is 2.17. The zero-order valence-corrected chi connectivity index (χ0v) is 17.1. The van der Waals surface area contributed by atoms with Gasteiger partial charge in [0.15, 0.2) is 0 Å².